The van der Waals surface area contributed by atoms with Gasteiger partial charge in [-0.05, 0) is 13.0 Å². The van der Waals surface area contributed by atoms with Gasteiger partial charge in [0.2, 0.25) is 5.91 Å². The van der Waals surface area contributed by atoms with Crippen molar-refractivity contribution in [3.8, 4) is 0 Å². The van der Waals surface area contributed by atoms with E-state index in [0.717, 1.165) is 0 Å². The number of aryl methyl sites for hydroxylation is 1. The molecular formula is C13H18N2O4. The lowest BCUT2D eigenvalue weighted by Gasteiger charge is -2.34. The van der Waals surface area contributed by atoms with Crippen molar-refractivity contribution in [2.24, 2.45) is 0 Å². The van der Waals surface area contributed by atoms with E-state index < -0.39 is 0 Å². The van der Waals surface area contributed by atoms with Crippen LogP contribution < -0.4 is 0 Å². The first-order chi connectivity index (χ1) is 9.13. The summed E-state index contributed by atoms with van der Waals surface area (Å²) < 4.78 is 9.96. The highest BCUT2D eigenvalue weighted by atomic mass is 16.5. The predicted octanol–water partition coefficient (Wildman–Crippen LogP) is 0.519. The highest BCUT2D eigenvalue weighted by Gasteiger charge is 2.25. The van der Waals surface area contributed by atoms with Gasteiger partial charge in [-0.15, -0.1) is 0 Å². The molecule has 1 fully saturated rings. The Hall–Kier alpha value is -1.82. The SMILES string of the molecule is COCC(=O)N1CCN(C(=O)c2ccoc2C)CC1. The third-order valence-corrected chi connectivity index (χ3v) is 3.28. The minimum Gasteiger partial charge on any atom is -0.469 e. The summed E-state index contributed by atoms with van der Waals surface area (Å²) in [7, 11) is 1.50. The number of methoxy groups -OCH3 is 1. The average Bonchev–Trinajstić information content (AvgIpc) is 2.84. The standard InChI is InChI=1S/C13H18N2O4/c1-10-11(3-8-19-10)13(17)15-6-4-14(5-7-15)12(16)9-18-2/h3,8H,4-7,9H2,1-2H3. The van der Waals surface area contributed by atoms with Crippen molar-refractivity contribution in [2.75, 3.05) is 39.9 Å². The highest BCUT2D eigenvalue weighted by Crippen LogP contribution is 2.13. The number of carbonyl (C=O) groups excluding carboxylic acids is 2. The van der Waals surface area contributed by atoms with E-state index in [0.29, 0.717) is 37.5 Å². The first-order valence-corrected chi connectivity index (χ1v) is 6.23. The van der Waals surface area contributed by atoms with Crippen LogP contribution in [0.2, 0.25) is 0 Å². The summed E-state index contributed by atoms with van der Waals surface area (Å²) in [6.07, 6.45) is 1.51. The molecule has 1 aliphatic rings. The van der Waals surface area contributed by atoms with Gasteiger partial charge in [-0.1, -0.05) is 0 Å². The molecule has 6 nitrogen and oxygen atoms in total. The van der Waals surface area contributed by atoms with Gasteiger partial charge in [-0.25, -0.2) is 0 Å². The van der Waals surface area contributed by atoms with Crippen molar-refractivity contribution < 1.29 is 18.7 Å². The summed E-state index contributed by atoms with van der Waals surface area (Å²) in [4.78, 5) is 27.3. The molecule has 0 saturated carbocycles. The van der Waals surface area contributed by atoms with Gasteiger partial charge >= 0.3 is 0 Å². The Morgan fingerprint density at radius 2 is 1.89 bits per heavy atom. The summed E-state index contributed by atoms with van der Waals surface area (Å²) in [6.45, 7) is 4.04. The second-order valence-electron chi connectivity index (χ2n) is 4.50. The van der Waals surface area contributed by atoms with Crippen LogP contribution in [0.4, 0.5) is 0 Å². The van der Waals surface area contributed by atoms with Crippen molar-refractivity contribution in [3.05, 3.63) is 23.7 Å². The summed E-state index contributed by atoms with van der Waals surface area (Å²) >= 11 is 0. The summed E-state index contributed by atoms with van der Waals surface area (Å²) in [6, 6.07) is 1.68. The zero-order valence-corrected chi connectivity index (χ0v) is 11.2. The average molecular weight is 266 g/mol. The van der Waals surface area contributed by atoms with Gasteiger partial charge in [0.25, 0.3) is 5.91 Å². The van der Waals surface area contributed by atoms with E-state index in [1.165, 1.54) is 13.4 Å². The van der Waals surface area contributed by atoms with Crippen LogP contribution in [0.15, 0.2) is 16.7 Å². The van der Waals surface area contributed by atoms with Crippen LogP contribution in [0.1, 0.15) is 16.1 Å². The van der Waals surface area contributed by atoms with Crippen LogP contribution in [0.3, 0.4) is 0 Å². The monoisotopic (exact) mass is 266 g/mol. The first kappa shape index (κ1) is 13.6. The smallest absolute Gasteiger partial charge is 0.257 e. The fourth-order valence-electron chi connectivity index (χ4n) is 2.15. The number of nitrogens with zero attached hydrogens (tertiary/aromatic N) is 2. The number of carbonyl (C=O) groups is 2. The molecule has 2 rings (SSSR count). The van der Waals surface area contributed by atoms with E-state index in [-0.39, 0.29) is 18.4 Å². The van der Waals surface area contributed by atoms with Crippen LogP contribution >= 0.6 is 0 Å². The molecule has 0 bridgehead atoms. The predicted molar refractivity (Wildman–Crippen MR) is 67.8 cm³/mol. The minimum absolute atomic E-state index is 0.0332. The molecule has 0 atom stereocenters. The Kier molecular flexibility index (Phi) is 4.21. The van der Waals surface area contributed by atoms with Crippen molar-refractivity contribution in [2.45, 2.75) is 6.92 Å². The van der Waals surface area contributed by atoms with Gasteiger partial charge in [-0.2, -0.15) is 0 Å². The molecule has 1 aliphatic heterocycles. The van der Waals surface area contributed by atoms with Gasteiger partial charge in [-0.3, -0.25) is 9.59 Å². The molecule has 1 aromatic heterocycles. The second kappa shape index (κ2) is 5.88. The first-order valence-electron chi connectivity index (χ1n) is 6.23. The van der Waals surface area contributed by atoms with Crippen LogP contribution in [0, 0.1) is 6.92 Å². The minimum atomic E-state index is -0.0370. The lowest BCUT2D eigenvalue weighted by molar-refractivity contribution is -0.136. The van der Waals surface area contributed by atoms with Crippen LogP contribution in [-0.4, -0.2) is 61.5 Å². The molecular weight excluding hydrogens is 248 g/mol. The lowest BCUT2D eigenvalue weighted by Crippen LogP contribution is -2.51. The molecule has 1 aromatic rings. The number of hydrogen-bond acceptors (Lipinski definition) is 4. The Bertz CT molecular complexity index is 461. The third-order valence-electron chi connectivity index (χ3n) is 3.28. The number of amides is 2. The molecule has 0 unspecified atom stereocenters. The lowest BCUT2D eigenvalue weighted by atomic mass is 10.2. The third kappa shape index (κ3) is 2.96. The number of hydrogen-bond donors (Lipinski definition) is 0. The van der Waals surface area contributed by atoms with Crippen molar-refractivity contribution >= 4 is 11.8 Å². The Morgan fingerprint density at radius 3 is 2.42 bits per heavy atom. The molecule has 19 heavy (non-hydrogen) atoms. The van der Waals surface area contributed by atoms with Crippen LogP contribution in [0.25, 0.3) is 0 Å². The van der Waals surface area contributed by atoms with E-state index >= 15 is 0 Å². The number of furan rings is 1. The number of piperazine rings is 1. The molecule has 1 saturated heterocycles. The van der Waals surface area contributed by atoms with E-state index in [4.69, 9.17) is 9.15 Å². The maximum Gasteiger partial charge on any atom is 0.257 e. The fourth-order valence-corrected chi connectivity index (χ4v) is 2.15. The van der Waals surface area contributed by atoms with E-state index in [1.54, 1.807) is 22.8 Å². The maximum absolute atomic E-state index is 12.2. The molecule has 0 N–H and O–H groups in total. The highest BCUT2D eigenvalue weighted by molar-refractivity contribution is 5.95. The van der Waals surface area contributed by atoms with E-state index in [2.05, 4.69) is 0 Å². The Morgan fingerprint density at radius 1 is 1.26 bits per heavy atom. The summed E-state index contributed by atoms with van der Waals surface area (Å²) in [5.41, 5.74) is 0.594. The summed E-state index contributed by atoms with van der Waals surface area (Å²) in [5, 5.41) is 0. The second-order valence-corrected chi connectivity index (χ2v) is 4.50. The van der Waals surface area contributed by atoms with Crippen LogP contribution in [-0.2, 0) is 9.53 Å². The number of rotatable bonds is 3. The van der Waals surface area contributed by atoms with Crippen molar-refractivity contribution in [1.29, 1.82) is 0 Å². The Labute approximate surface area is 111 Å². The van der Waals surface area contributed by atoms with Crippen molar-refractivity contribution in [3.63, 3.8) is 0 Å². The molecule has 0 spiro atoms. The largest absolute Gasteiger partial charge is 0.469 e. The van der Waals surface area contributed by atoms with E-state index in [9.17, 15) is 9.59 Å². The topological polar surface area (TPSA) is 63.0 Å². The zero-order chi connectivity index (χ0) is 13.8. The van der Waals surface area contributed by atoms with Gasteiger partial charge < -0.3 is 19.0 Å². The van der Waals surface area contributed by atoms with Gasteiger partial charge in [0, 0.05) is 33.3 Å². The van der Waals surface area contributed by atoms with Gasteiger partial charge in [0.05, 0.1) is 11.8 Å². The van der Waals surface area contributed by atoms with Crippen molar-refractivity contribution in [1.82, 2.24) is 9.80 Å². The van der Waals surface area contributed by atoms with E-state index in [1.807, 2.05) is 0 Å². The zero-order valence-electron chi connectivity index (χ0n) is 11.2. The molecule has 0 radical (unpaired) electrons. The Balaban J connectivity index is 1.92. The quantitative estimate of drug-likeness (QED) is 0.800. The fraction of sp³-hybridized carbons (Fsp3) is 0.538. The molecule has 6 heteroatoms. The summed E-state index contributed by atoms with van der Waals surface area (Å²) in [5.74, 6) is 0.557. The van der Waals surface area contributed by atoms with Gasteiger partial charge in [0.15, 0.2) is 0 Å². The van der Waals surface area contributed by atoms with Crippen LogP contribution in [0.5, 0.6) is 0 Å². The van der Waals surface area contributed by atoms with Gasteiger partial charge in [0.1, 0.15) is 12.4 Å². The molecule has 2 heterocycles. The maximum atomic E-state index is 12.2. The molecule has 104 valence electrons. The normalized spacial score (nSPS) is 15.7. The molecule has 0 aliphatic carbocycles. The molecule has 2 amide bonds. The molecule has 0 aromatic carbocycles. The number of ether oxygens (including phenoxy) is 1.